The third-order valence-electron chi connectivity index (χ3n) is 2.80. The highest BCUT2D eigenvalue weighted by Gasteiger charge is 2.33. The molecule has 1 aliphatic rings. The predicted molar refractivity (Wildman–Crippen MR) is 63.3 cm³/mol. The number of hydrogen-bond acceptors (Lipinski definition) is 4. The van der Waals surface area contributed by atoms with Crippen LogP contribution in [-0.4, -0.2) is 44.4 Å². The average Bonchev–Trinajstić information content (AvgIpc) is 3.19. The van der Waals surface area contributed by atoms with Gasteiger partial charge in [-0.25, -0.2) is 14.8 Å². The van der Waals surface area contributed by atoms with E-state index >= 15 is 0 Å². The molecular weight excluding hydrogens is 234 g/mol. The quantitative estimate of drug-likeness (QED) is 0.847. The summed E-state index contributed by atoms with van der Waals surface area (Å²) in [5.74, 6) is -1.31. The van der Waals surface area contributed by atoms with Crippen LogP contribution in [0.5, 0.6) is 0 Å². The number of carboxylic acids is 1. The fourth-order valence-corrected chi connectivity index (χ4v) is 1.77. The number of aromatic carboxylic acids is 1. The smallest absolute Gasteiger partial charge is 0.356 e. The van der Waals surface area contributed by atoms with Crippen LogP contribution in [0.4, 0.5) is 0 Å². The molecule has 1 aromatic rings. The Balaban J connectivity index is 2.13. The highest BCUT2D eigenvalue weighted by Crippen LogP contribution is 2.27. The van der Waals surface area contributed by atoms with Gasteiger partial charge in [-0.05, 0) is 19.3 Å². The minimum absolute atomic E-state index is 0.153. The summed E-state index contributed by atoms with van der Waals surface area (Å²) in [6.07, 6.45) is 5.31. The molecule has 96 valence electrons. The van der Waals surface area contributed by atoms with E-state index in [1.54, 1.807) is 4.90 Å². The molecule has 0 aliphatic heterocycles. The molecule has 0 spiro atoms. The number of carbonyl (C=O) groups excluding carboxylic acids is 1. The fraction of sp³-hybridized carbons (Fsp3) is 0.500. The summed E-state index contributed by atoms with van der Waals surface area (Å²) >= 11 is 0. The molecular formula is C12H15N3O3. The summed E-state index contributed by atoms with van der Waals surface area (Å²) in [6.45, 7) is 2.72. The van der Waals surface area contributed by atoms with Gasteiger partial charge in [-0.2, -0.15) is 0 Å². The van der Waals surface area contributed by atoms with E-state index in [-0.39, 0.29) is 17.3 Å². The molecule has 1 heterocycles. The van der Waals surface area contributed by atoms with E-state index in [2.05, 4.69) is 9.97 Å². The predicted octanol–water partition coefficient (Wildman–Crippen LogP) is 1.19. The molecule has 1 N–H and O–H groups in total. The van der Waals surface area contributed by atoms with Crippen LogP contribution in [0.2, 0.25) is 0 Å². The van der Waals surface area contributed by atoms with Gasteiger partial charge < -0.3 is 10.0 Å². The number of aromatic nitrogens is 2. The number of carbonyl (C=O) groups is 2. The van der Waals surface area contributed by atoms with Gasteiger partial charge in [-0.15, -0.1) is 0 Å². The Morgan fingerprint density at radius 1 is 1.33 bits per heavy atom. The summed E-state index contributed by atoms with van der Waals surface area (Å²) in [7, 11) is 0. The maximum Gasteiger partial charge on any atom is 0.356 e. The van der Waals surface area contributed by atoms with Crippen LogP contribution in [-0.2, 0) is 0 Å². The second kappa shape index (κ2) is 5.12. The number of rotatable bonds is 5. The van der Waals surface area contributed by atoms with Crippen molar-refractivity contribution in [3.8, 4) is 0 Å². The van der Waals surface area contributed by atoms with Crippen molar-refractivity contribution in [2.75, 3.05) is 6.54 Å². The topological polar surface area (TPSA) is 83.4 Å². The van der Waals surface area contributed by atoms with Gasteiger partial charge in [-0.1, -0.05) is 6.92 Å². The van der Waals surface area contributed by atoms with Crippen molar-refractivity contribution in [1.82, 2.24) is 14.9 Å². The largest absolute Gasteiger partial charge is 0.476 e. The Hall–Kier alpha value is -1.98. The molecule has 1 aromatic heterocycles. The summed E-state index contributed by atoms with van der Waals surface area (Å²) < 4.78 is 0. The Labute approximate surface area is 105 Å². The monoisotopic (exact) mass is 249 g/mol. The van der Waals surface area contributed by atoms with Crippen molar-refractivity contribution in [1.29, 1.82) is 0 Å². The van der Waals surface area contributed by atoms with Crippen molar-refractivity contribution >= 4 is 11.9 Å². The number of amides is 1. The van der Waals surface area contributed by atoms with Crippen molar-refractivity contribution in [2.24, 2.45) is 0 Å². The molecule has 0 aromatic carbocycles. The second-order valence-corrected chi connectivity index (χ2v) is 4.32. The van der Waals surface area contributed by atoms with E-state index in [9.17, 15) is 9.59 Å². The van der Waals surface area contributed by atoms with Crippen molar-refractivity contribution < 1.29 is 14.7 Å². The standard InChI is InChI=1S/C12H15N3O3/c1-2-5-15(8-3-4-8)11(16)9-6-14-10(7-13-9)12(17)18/h6-8H,2-5H2,1H3,(H,17,18). The van der Waals surface area contributed by atoms with E-state index < -0.39 is 5.97 Å². The van der Waals surface area contributed by atoms with Gasteiger partial charge in [0.1, 0.15) is 5.69 Å². The molecule has 0 radical (unpaired) electrons. The zero-order chi connectivity index (χ0) is 13.1. The summed E-state index contributed by atoms with van der Waals surface area (Å²) in [4.78, 5) is 32.2. The van der Waals surface area contributed by atoms with Crippen LogP contribution >= 0.6 is 0 Å². The normalized spacial score (nSPS) is 14.3. The molecule has 6 nitrogen and oxygen atoms in total. The summed E-state index contributed by atoms with van der Waals surface area (Å²) in [5.41, 5.74) is 0.0559. The highest BCUT2D eigenvalue weighted by atomic mass is 16.4. The Bertz CT molecular complexity index is 454. The van der Waals surface area contributed by atoms with Crippen LogP contribution in [0.15, 0.2) is 12.4 Å². The first-order valence-electron chi connectivity index (χ1n) is 5.99. The van der Waals surface area contributed by atoms with E-state index in [0.717, 1.165) is 25.5 Å². The first kappa shape index (κ1) is 12.5. The molecule has 0 atom stereocenters. The van der Waals surface area contributed by atoms with Gasteiger partial charge in [0.15, 0.2) is 5.69 Å². The highest BCUT2D eigenvalue weighted by molar-refractivity contribution is 5.93. The molecule has 0 bridgehead atoms. The Kier molecular flexibility index (Phi) is 3.55. The van der Waals surface area contributed by atoms with Gasteiger partial charge in [-0.3, -0.25) is 4.79 Å². The second-order valence-electron chi connectivity index (χ2n) is 4.32. The Morgan fingerprint density at radius 2 is 1.94 bits per heavy atom. The lowest BCUT2D eigenvalue weighted by molar-refractivity contribution is 0.0684. The van der Waals surface area contributed by atoms with Gasteiger partial charge in [0.25, 0.3) is 5.91 Å². The molecule has 18 heavy (non-hydrogen) atoms. The van der Waals surface area contributed by atoms with Crippen LogP contribution in [0, 0.1) is 0 Å². The van der Waals surface area contributed by atoms with Gasteiger partial charge >= 0.3 is 5.97 Å². The molecule has 1 fully saturated rings. The first-order chi connectivity index (χ1) is 8.63. The van der Waals surface area contributed by atoms with E-state index in [0.29, 0.717) is 12.6 Å². The Morgan fingerprint density at radius 3 is 2.39 bits per heavy atom. The van der Waals surface area contributed by atoms with Crippen LogP contribution in [0.25, 0.3) is 0 Å². The van der Waals surface area contributed by atoms with Crippen LogP contribution < -0.4 is 0 Å². The average molecular weight is 249 g/mol. The number of hydrogen-bond donors (Lipinski definition) is 1. The summed E-state index contributed by atoms with van der Waals surface area (Å²) in [6, 6.07) is 0.318. The molecule has 1 amide bonds. The van der Waals surface area contributed by atoms with Crippen molar-refractivity contribution in [3.63, 3.8) is 0 Å². The lowest BCUT2D eigenvalue weighted by atomic mass is 10.3. The third-order valence-corrected chi connectivity index (χ3v) is 2.80. The minimum Gasteiger partial charge on any atom is -0.476 e. The SMILES string of the molecule is CCCN(C(=O)c1cnc(C(=O)O)cn1)C1CC1. The molecule has 0 unspecified atom stereocenters. The zero-order valence-corrected chi connectivity index (χ0v) is 10.2. The number of nitrogens with zero attached hydrogens (tertiary/aromatic N) is 3. The maximum atomic E-state index is 12.2. The molecule has 0 saturated heterocycles. The first-order valence-corrected chi connectivity index (χ1v) is 5.99. The van der Waals surface area contributed by atoms with E-state index in [1.165, 1.54) is 6.20 Å². The zero-order valence-electron chi connectivity index (χ0n) is 10.2. The van der Waals surface area contributed by atoms with E-state index in [1.807, 2.05) is 6.92 Å². The van der Waals surface area contributed by atoms with E-state index in [4.69, 9.17) is 5.11 Å². The molecule has 2 rings (SSSR count). The van der Waals surface area contributed by atoms with Crippen LogP contribution in [0.3, 0.4) is 0 Å². The lowest BCUT2D eigenvalue weighted by Crippen LogP contribution is -2.34. The fourth-order valence-electron chi connectivity index (χ4n) is 1.77. The molecule has 1 saturated carbocycles. The number of carboxylic acid groups (broad SMARTS) is 1. The maximum absolute atomic E-state index is 12.2. The van der Waals surface area contributed by atoms with Gasteiger partial charge in [0.2, 0.25) is 0 Å². The van der Waals surface area contributed by atoms with Crippen molar-refractivity contribution in [2.45, 2.75) is 32.2 Å². The van der Waals surface area contributed by atoms with Gasteiger partial charge in [0, 0.05) is 12.6 Å². The van der Waals surface area contributed by atoms with Gasteiger partial charge in [0.05, 0.1) is 12.4 Å². The van der Waals surface area contributed by atoms with Crippen molar-refractivity contribution in [3.05, 3.63) is 23.8 Å². The molecule has 1 aliphatic carbocycles. The molecule has 6 heteroatoms. The van der Waals surface area contributed by atoms with Crippen LogP contribution in [0.1, 0.15) is 47.2 Å². The minimum atomic E-state index is -1.14. The third kappa shape index (κ3) is 2.64. The summed E-state index contributed by atoms with van der Waals surface area (Å²) in [5, 5.41) is 8.71. The lowest BCUT2D eigenvalue weighted by Gasteiger charge is -2.20.